The van der Waals surface area contributed by atoms with Crippen molar-refractivity contribution in [1.82, 2.24) is 20.2 Å². The van der Waals surface area contributed by atoms with E-state index in [4.69, 9.17) is 9.97 Å². The van der Waals surface area contributed by atoms with Gasteiger partial charge in [0.05, 0.1) is 22.4 Å². The highest BCUT2D eigenvalue weighted by molar-refractivity contribution is 5.76. The third-order valence-corrected chi connectivity index (χ3v) is 4.41. The first-order valence-electron chi connectivity index (χ1n) is 8.24. The Morgan fingerprint density at radius 3 is 2.08 bits per heavy atom. The van der Waals surface area contributed by atoms with Crippen LogP contribution in [0.3, 0.4) is 0 Å². The molecule has 0 amide bonds. The van der Waals surface area contributed by atoms with Crippen molar-refractivity contribution in [3.63, 3.8) is 0 Å². The minimum Gasteiger partial charge on any atom is -0.352 e. The summed E-state index contributed by atoms with van der Waals surface area (Å²) in [4.78, 5) is 14.1. The molecule has 1 aliphatic rings. The van der Waals surface area contributed by atoms with E-state index in [1.165, 1.54) is 0 Å². The second-order valence-corrected chi connectivity index (χ2v) is 6.13. The Kier molecular flexibility index (Phi) is 3.72. The first-order valence-corrected chi connectivity index (χ1v) is 8.24. The summed E-state index contributed by atoms with van der Waals surface area (Å²) >= 11 is 0. The molecule has 4 rings (SSSR count). The summed E-state index contributed by atoms with van der Waals surface area (Å²) in [5.74, 6) is 1.94. The molecule has 0 unspecified atom stereocenters. The number of anilines is 2. The highest BCUT2D eigenvalue weighted by atomic mass is 15.3. The monoisotopic (exact) mass is 320 g/mol. The zero-order chi connectivity index (χ0) is 16.5. The van der Waals surface area contributed by atoms with E-state index in [1.54, 1.807) is 0 Å². The SMILES string of the molecule is Cc1ccc(N2CCN(c3nc4ccccc4nc3C)CC2)nn1. The van der Waals surface area contributed by atoms with Gasteiger partial charge in [0.15, 0.2) is 11.6 Å². The van der Waals surface area contributed by atoms with Gasteiger partial charge in [-0.25, -0.2) is 9.97 Å². The van der Waals surface area contributed by atoms with Crippen molar-refractivity contribution in [2.24, 2.45) is 0 Å². The second kappa shape index (κ2) is 6.03. The third-order valence-electron chi connectivity index (χ3n) is 4.41. The van der Waals surface area contributed by atoms with Gasteiger partial charge in [-0.2, -0.15) is 5.10 Å². The summed E-state index contributed by atoms with van der Waals surface area (Å²) in [7, 11) is 0. The number of fused-ring (bicyclic) bond motifs is 1. The fourth-order valence-corrected chi connectivity index (χ4v) is 3.09. The molecule has 0 radical (unpaired) electrons. The molecule has 3 heterocycles. The molecule has 0 saturated carbocycles. The molecule has 122 valence electrons. The lowest BCUT2D eigenvalue weighted by atomic mass is 10.2. The number of benzene rings is 1. The Morgan fingerprint density at radius 1 is 0.750 bits per heavy atom. The first kappa shape index (κ1) is 14.8. The molecule has 6 heteroatoms. The van der Waals surface area contributed by atoms with Crippen LogP contribution in [-0.4, -0.2) is 46.3 Å². The van der Waals surface area contributed by atoms with Crippen LogP contribution in [0.15, 0.2) is 36.4 Å². The van der Waals surface area contributed by atoms with Crippen LogP contribution in [0.25, 0.3) is 11.0 Å². The average molecular weight is 320 g/mol. The van der Waals surface area contributed by atoms with Crippen LogP contribution in [0.2, 0.25) is 0 Å². The van der Waals surface area contributed by atoms with E-state index in [1.807, 2.05) is 50.2 Å². The minimum atomic E-state index is 0.906. The summed E-state index contributed by atoms with van der Waals surface area (Å²) in [6.07, 6.45) is 0. The smallest absolute Gasteiger partial charge is 0.151 e. The average Bonchev–Trinajstić information content (AvgIpc) is 2.62. The molecular formula is C18H20N6. The highest BCUT2D eigenvalue weighted by Crippen LogP contribution is 2.22. The van der Waals surface area contributed by atoms with Gasteiger partial charge >= 0.3 is 0 Å². The van der Waals surface area contributed by atoms with Crippen LogP contribution in [-0.2, 0) is 0 Å². The van der Waals surface area contributed by atoms with Crippen LogP contribution >= 0.6 is 0 Å². The molecule has 0 bridgehead atoms. The lowest BCUT2D eigenvalue weighted by Gasteiger charge is -2.36. The van der Waals surface area contributed by atoms with Crippen LogP contribution in [0.4, 0.5) is 11.6 Å². The molecule has 24 heavy (non-hydrogen) atoms. The summed E-state index contributed by atoms with van der Waals surface area (Å²) in [5, 5.41) is 8.44. The maximum Gasteiger partial charge on any atom is 0.151 e. The van der Waals surface area contributed by atoms with E-state index in [0.29, 0.717) is 0 Å². The van der Waals surface area contributed by atoms with Gasteiger partial charge < -0.3 is 9.80 Å². The number of hydrogen-bond acceptors (Lipinski definition) is 6. The molecule has 0 N–H and O–H groups in total. The summed E-state index contributed by atoms with van der Waals surface area (Å²) in [6, 6.07) is 12.1. The van der Waals surface area contributed by atoms with Crippen molar-refractivity contribution in [1.29, 1.82) is 0 Å². The maximum atomic E-state index is 4.82. The molecule has 1 saturated heterocycles. The fraction of sp³-hybridized carbons (Fsp3) is 0.333. The normalized spacial score (nSPS) is 15.1. The van der Waals surface area contributed by atoms with Crippen molar-refractivity contribution in [3.8, 4) is 0 Å². The largest absolute Gasteiger partial charge is 0.352 e. The van der Waals surface area contributed by atoms with Gasteiger partial charge in [-0.1, -0.05) is 12.1 Å². The van der Waals surface area contributed by atoms with E-state index in [-0.39, 0.29) is 0 Å². The van der Waals surface area contributed by atoms with Crippen molar-refractivity contribution < 1.29 is 0 Å². The zero-order valence-corrected chi connectivity index (χ0v) is 14.0. The van der Waals surface area contributed by atoms with Gasteiger partial charge in [0, 0.05) is 26.2 Å². The Morgan fingerprint density at radius 2 is 1.42 bits per heavy atom. The number of piperazine rings is 1. The number of para-hydroxylation sites is 2. The topological polar surface area (TPSA) is 58.0 Å². The summed E-state index contributed by atoms with van der Waals surface area (Å²) in [6.45, 7) is 7.62. The predicted molar refractivity (Wildman–Crippen MR) is 95.5 cm³/mol. The van der Waals surface area contributed by atoms with E-state index in [2.05, 4.69) is 20.0 Å². The molecule has 0 spiro atoms. The zero-order valence-electron chi connectivity index (χ0n) is 14.0. The second-order valence-electron chi connectivity index (χ2n) is 6.13. The van der Waals surface area contributed by atoms with E-state index >= 15 is 0 Å². The lowest BCUT2D eigenvalue weighted by molar-refractivity contribution is 0.636. The first-order chi connectivity index (χ1) is 11.7. The molecule has 0 aliphatic carbocycles. The Hall–Kier alpha value is -2.76. The number of hydrogen-bond donors (Lipinski definition) is 0. The molecule has 1 fully saturated rings. The van der Waals surface area contributed by atoms with Crippen molar-refractivity contribution in [2.45, 2.75) is 13.8 Å². The van der Waals surface area contributed by atoms with Crippen LogP contribution in [0, 0.1) is 13.8 Å². The van der Waals surface area contributed by atoms with Gasteiger partial charge in [-0.05, 0) is 38.1 Å². The van der Waals surface area contributed by atoms with Crippen LogP contribution < -0.4 is 9.80 Å². The van der Waals surface area contributed by atoms with Crippen LogP contribution in [0.5, 0.6) is 0 Å². The maximum absolute atomic E-state index is 4.82. The van der Waals surface area contributed by atoms with E-state index in [0.717, 1.165) is 60.2 Å². The third kappa shape index (κ3) is 2.75. The number of nitrogens with zero attached hydrogens (tertiary/aromatic N) is 6. The standard InChI is InChI=1S/C18H20N6/c1-13-7-8-17(22-21-13)23-9-11-24(12-10-23)18-14(2)19-15-5-3-4-6-16(15)20-18/h3-8H,9-12H2,1-2H3. The number of aryl methyl sites for hydroxylation is 2. The minimum absolute atomic E-state index is 0.906. The molecular weight excluding hydrogens is 300 g/mol. The Labute approximate surface area is 141 Å². The Balaban J connectivity index is 1.53. The fourth-order valence-electron chi connectivity index (χ4n) is 3.09. The predicted octanol–water partition coefficient (Wildman–Crippen LogP) is 2.36. The summed E-state index contributed by atoms with van der Waals surface area (Å²) < 4.78 is 0. The molecule has 2 aromatic heterocycles. The van der Waals surface area contributed by atoms with Crippen molar-refractivity contribution in [3.05, 3.63) is 47.8 Å². The van der Waals surface area contributed by atoms with Crippen molar-refractivity contribution >= 4 is 22.7 Å². The van der Waals surface area contributed by atoms with E-state index < -0.39 is 0 Å². The molecule has 1 aliphatic heterocycles. The van der Waals surface area contributed by atoms with Crippen LogP contribution in [0.1, 0.15) is 11.4 Å². The van der Waals surface area contributed by atoms with Gasteiger partial charge in [-0.3, -0.25) is 0 Å². The molecule has 0 atom stereocenters. The highest BCUT2D eigenvalue weighted by Gasteiger charge is 2.21. The van der Waals surface area contributed by atoms with Gasteiger partial charge in [-0.15, -0.1) is 5.10 Å². The number of rotatable bonds is 2. The van der Waals surface area contributed by atoms with Crippen molar-refractivity contribution in [2.75, 3.05) is 36.0 Å². The Bertz CT molecular complexity index is 853. The summed E-state index contributed by atoms with van der Waals surface area (Å²) in [5.41, 5.74) is 3.83. The van der Waals surface area contributed by atoms with Gasteiger partial charge in [0.1, 0.15) is 0 Å². The van der Waals surface area contributed by atoms with Gasteiger partial charge in [0.2, 0.25) is 0 Å². The number of aromatic nitrogens is 4. The molecule has 1 aromatic carbocycles. The van der Waals surface area contributed by atoms with E-state index in [9.17, 15) is 0 Å². The quantitative estimate of drug-likeness (QED) is 0.722. The van der Waals surface area contributed by atoms with Gasteiger partial charge in [0.25, 0.3) is 0 Å². The lowest BCUT2D eigenvalue weighted by Crippen LogP contribution is -2.47. The molecule has 6 nitrogen and oxygen atoms in total. The molecule has 3 aromatic rings.